The molecule has 0 amide bonds. The number of nitrogens with zero attached hydrogens (tertiary/aromatic N) is 4. The zero-order chi connectivity index (χ0) is 28.6. The fourth-order valence-electron chi connectivity index (χ4n) is 4.23. The molecule has 0 saturated heterocycles. The lowest BCUT2D eigenvalue weighted by Gasteiger charge is -2.17. The molecule has 0 aliphatic rings. The summed E-state index contributed by atoms with van der Waals surface area (Å²) < 4.78 is 14.2. The lowest BCUT2D eigenvalue weighted by atomic mass is 10.1. The number of fused-ring (bicyclic) bond motifs is 1. The van der Waals surface area contributed by atoms with Crippen LogP contribution in [0.5, 0.6) is 11.5 Å². The van der Waals surface area contributed by atoms with Gasteiger partial charge in [-0.2, -0.15) is 9.78 Å². The van der Waals surface area contributed by atoms with Crippen LogP contribution < -0.4 is 15.0 Å². The van der Waals surface area contributed by atoms with Crippen molar-refractivity contribution in [2.75, 3.05) is 6.61 Å². The number of aromatic nitrogens is 2. The zero-order valence-electron chi connectivity index (χ0n) is 22.3. The molecule has 0 bridgehead atoms. The third-order valence-corrected chi connectivity index (χ3v) is 6.49. The average Bonchev–Trinajstić information content (AvgIpc) is 2.93. The fourth-order valence-corrected chi connectivity index (χ4v) is 4.59. The molecular weight excluding hydrogens is 576 g/mol. The molecule has 9 nitrogen and oxygen atoms in total. The molecule has 206 valence electrons. The van der Waals surface area contributed by atoms with Crippen molar-refractivity contribution in [3.8, 4) is 11.5 Å². The van der Waals surface area contributed by atoms with Crippen LogP contribution in [-0.2, 0) is 19.4 Å². The number of non-ortho nitro benzene ring substituents is 1. The molecular formula is C30H29BrN4O5. The monoisotopic (exact) mass is 604 g/mol. The van der Waals surface area contributed by atoms with Gasteiger partial charge in [0, 0.05) is 28.6 Å². The van der Waals surface area contributed by atoms with Gasteiger partial charge in [0.05, 0.1) is 28.6 Å². The molecule has 0 aliphatic heterocycles. The minimum Gasteiger partial charge on any atom is -0.490 e. The molecule has 0 saturated carbocycles. The van der Waals surface area contributed by atoms with Gasteiger partial charge >= 0.3 is 0 Å². The van der Waals surface area contributed by atoms with Gasteiger partial charge in [0.1, 0.15) is 12.4 Å². The summed E-state index contributed by atoms with van der Waals surface area (Å²) >= 11 is 3.43. The molecule has 0 N–H and O–H groups in total. The second kappa shape index (κ2) is 13.2. The van der Waals surface area contributed by atoms with Gasteiger partial charge in [-0.15, -0.1) is 6.58 Å². The van der Waals surface area contributed by atoms with Crippen LogP contribution in [-0.4, -0.2) is 27.4 Å². The summed E-state index contributed by atoms with van der Waals surface area (Å²) in [6, 6.07) is 15.4. The van der Waals surface area contributed by atoms with Crippen molar-refractivity contribution in [3.05, 3.63) is 115 Å². The van der Waals surface area contributed by atoms with E-state index in [9.17, 15) is 14.9 Å². The van der Waals surface area contributed by atoms with E-state index in [-0.39, 0.29) is 17.9 Å². The molecule has 1 aromatic heterocycles. The third-order valence-electron chi connectivity index (χ3n) is 5.99. The van der Waals surface area contributed by atoms with Crippen LogP contribution in [0.3, 0.4) is 0 Å². The number of hydrogen-bond donors (Lipinski definition) is 0. The Labute approximate surface area is 240 Å². The maximum absolute atomic E-state index is 13.4. The van der Waals surface area contributed by atoms with Gasteiger partial charge in [-0.25, -0.2) is 4.98 Å². The van der Waals surface area contributed by atoms with Gasteiger partial charge in [-0.1, -0.05) is 41.1 Å². The number of halogens is 1. The van der Waals surface area contributed by atoms with Gasteiger partial charge < -0.3 is 9.47 Å². The van der Waals surface area contributed by atoms with Crippen molar-refractivity contribution in [2.45, 2.75) is 39.7 Å². The Morgan fingerprint density at radius 3 is 2.70 bits per heavy atom. The molecule has 0 fully saturated rings. The second-order valence-electron chi connectivity index (χ2n) is 8.95. The SMILES string of the molecule is C=CCc1cc(C=Nn2c(CCC)nc3ccc(Br)cc3c2=O)cc(OCC)c1OCc1cccc([N+](=O)[O-])c1. The van der Waals surface area contributed by atoms with Crippen LogP contribution in [0.4, 0.5) is 5.69 Å². The fraction of sp³-hybridized carbons (Fsp3) is 0.233. The third kappa shape index (κ3) is 6.63. The van der Waals surface area contributed by atoms with Crippen molar-refractivity contribution in [2.24, 2.45) is 5.10 Å². The van der Waals surface area contributed by atoms with Crippen molar-refractivity contribution in [1.82, 2.24) is 9.66 Å². The first kappa shape index (κ1) is 28.7. The second-order valence-corrected chi connectivity index (χ2v) is 9.87. The van der Waals surface area contributed by atoms with Crippen molar-refractivity contribution in [3.63, 3.8) is 0 Å². The lowest BCUT2D eigenvalue weighted by Crippen LogP contribution is -2.22. The first-order valence-electron chi connectivity index (χ1n) is 12.9. The first-order chi connectivity index (χ1) is 19.3. The molecule has 40 heavy (non-hydrogen) atoms. The van der Waals surface area contributed by atoms with E-state index < -0.39 is 4.92 Å². The quantitative estimate of drug-likeness (QED) is 0.0779. The van der Waals surface area contributed by atoms with E-state index in [2.05, 4.69) is 32.6 Å². The highest BCUT2D eigenvalue weighted by molar-refractivity contribution is 9.10. The summed E-state index contributed by atoms with van der Waals surface area (Å²) in [5, 5.41) is 16.2. The van der Waals surface area contributed by atoms with Crippen LogP contribution in [0.25, 0.3) is 10.9 Å². The van der Waals surface area contributed by atoms with Crippen LogP contribution in [0, 0.1) is 10.1 Å². The number of nitro benzene ring substituents is 1. The maximum Gasteiger partial charge on any atom is 0.282 e. The Morgan fingerprint density at radius 1 is 1.15 bits per heavy atom. The highest BCUT2D eigenvalue weighted by Crippen LogP contribution is 2.34. The minimum absolute atomic E-state index is 0.00257. The molecule has 1 heterocycles. The van der Waals surface area contributed by atoms with Crippen molar-refractivity contribution >= 4 is 38.7 Å². The molecule has 3 aromatic carbocycles. The first-order valence-corrected chi connectivity index (χ1v) is 13.7. The summed E-state index contributed by atoms with van der Waals surface area (Å²) in [7, 11) is 0. The van der Waals surface area contributed by atoms with Gasteiger partial charge in [0.2, 0.25) is 0 Å². The lowest BCUT2D eigenvalue weighted by molar-refractivity contribution is -0.384. The molecule has 0 spiro atoms. The average molecular weight is 605 g/mol. The van der Waals surface area contributed by atoms with Gasteiger partial charge in [0.25, 0.3) is 11.2 Å². The number of allylic oxidation sites excluding steroid dienone is 1. The highest BCUT2D eigenvalue weighted by atomic mass is 79.9. The molecule has 0 unspecified atom stereocenters. The highest BCUT2D eigenvalue weighted by Gasteiger charge is 2.15. The molecule has 0 radical (unpaired) electrons. The van der Waals surface area contributed by atoms with E-state index in [4.69, 9.17) is 9.47 Å². The van der Waals surface area contributed by atoms with Crippen LogP contribution in [0.15, 0.2) is 81.6 Å². The predicted octanol–water partition coefficient (Wildman–Crippen LogP) is 6.61. The van der Waals surface area contributed by atoms with E-state index >= 15 is 0 Å². The molecule has 0 aliphatic carbocycles. The largest absolute Gasteiger partial charge is 0.490 e. The Hall–Kier alpha value is -4.31. The summed E-state index contributed by atoms with van der Waals surface area (Å²) in [6.07, 6.45) is 5.23. The Kier molecular flexibility index (Phi) is 9.44. The normalized spacial score (nSPS) is 11.2. The Bertz CT molecular complexity index is 1650. The van der Waals surface area contributed by atoms with Crippen LogP contribution >= 0.6 is 15.9 Å². The summed E-state index contributed by atoms with van der Waals surface area (Å²) in [6.45, 7) is 8.27. The number of benzene rings is 3. The molecule has 4 rings (SSSR count). The Balaban J connectivity index is 1.73. The number of nitro groups is 1. The summed E-state index contributed by atoms with van der Waals surface area (Å²) in [4.78, 5) is 28.8. The van der Waals surface area contributed by atoms with Crippen molar-refractivity contribution in [1.29, 1.82) is 0 Å². The maximum atomic E-state index is 13.4. The zero-order valence-corrected chi connectivity index (χ0v) is 23.9. The van der Waals surface area contributed by atoms with E-state index in [0.29, 0.717) is 58.8 Å². The standard InChI is InChI=1S/C30H29BrN4O5/c1-4-8-22-14-21(16-27(39-6-3)29(22)40-19-20-10-7-11-24(15-20)35(37)38)18-32-34-28(9-5-2)33-26-13-12-23(31)17-25(26)30(34)36/h4,7,10-18H,1,5-6,8-9,19H2,2-3H3. The Morgan fingerprint density at radius 2 is 1.98 bits per heavy atom. The van der Waals surface area contributed by atoms with E-state index in [1.165, 1.54) is 16.8 Å². The number of ether oxygens (including phenoxy) is 2. The number of hydrogen-bond acceptors (Lipinski definition) is 7. The molecule has 4 aromatic rings. The number of rotatable bonds is 12. The summed E-state index contributed by atoms with van der Waals surface area (Å²) in [5.74, 6) is 1.59. The van der Waals surface area contributed by atoms with E-state index in [1.807, 2.05) is 32.0 Å². The van der Waals surface area contributed by atoms with Crippen LogP contribution in [0.1, 0.15) is 42.8 Å². The van der Waals surface area contributed by atoms with E-state index in [0.717, 1.165) is 16.5 Å². The number of aryl methyl sites for hydroxylation is 1. The molecule has 10 heteroatoms. The predicted molar refractivity (Wildman–Crippen MR) is 160 cm³/mol. The van der Waals surface area contributed by atoms with Gasteiger partial charge in [-0.05, 0) is 61.2 Å². The van der Waals surface area contributed by atoms with E-state index in [1.54, 1.807) is 36.6 Å². The minimum atomic E-state index is -0.437. The van der Waals surface area contributed by atoms with Crippen LogP contribution in [0.2, 0.25) is 0 Å². The van der Waals surface area contributed by atoms with Gasteiger partial charge in [0.15, 0.2) is 11.5 Å². The van der Waals surface area contributed by atoms with Gasteiger partial charge in [-0.3, -0.25) is 14.9 Å². The summed E-state index contributed by atoms with van der Waals surface area (Å²) in [5.41, 5.74) is 2.53. The smallest absolute Gasteiger partial charge is 0.282 e. The van der Waals surface area contributed by atoms with Crippen molar-refractivity contribution < 1.29 is 14.4 Å². The molecule has 0 atom stereocenters. The topological polar surface area (TPSA) is 109 Å².